The van der Waals surface area contributed by atoms with Crippen molar-refractivity contribution in [2.45, 2.75) is 25.7 Å². The van der Waals surface area contributed by atoms with Crippen molar-refractivity contribution in [3.8, 4) is 0 Å². The predicted molar refractivity (Wildman–Crippen MR) is 228 cm³/mol. The van der Waals surface area contributed by atoms with E-state index in [1.807, 2.05) is 0 Å². The van der Waals surface area contributed by atoms with E-state index in [1.54, 1.807) is 0 Å². The Bertz CT molecular complexity index is 1700. The first-order valence-electron chi connectivity index (χ1n) is 12.9. The van der Waals surface area contributed by atoms with Gasteiger partial charge >= 0.3 is 0 Å². The van der Waals surface area contributed by atoms with Crippen LogP contribution in [-0.2, 0) is 25.7 Å². The lowest BCUT2D eigenvalue weighted by Gasteiger charge is -2.23. The summed E-state index contributed by atoms with van der Waals surface area (Å²) < 4.78 is 0. The first-order chi connectivity index (χ1) is 23.1. The Hall–Kier alpha value is 2.42. The third-order valence-corrected chi connectivity index (χ3v) is 16.7. The van der Waals surface area contributed by atoms with Gasteiger partial charge in [0.05, 0.1) is 100 Å². The van der Waals surface area contributed by atoms with Gasteiger partial charge < -0.3 is 0 Å². The lowest BCUT2D eigenvalue weighted by molar-refractivity contribution is 0.919. The molecule has 0 atom stereocenters. The Labute approximate surface area is 386 Å². The molecule has 4 rings (SSSR count). The molecular formula is C30H8Cl20. The van der Waals surface area contributed by atoms with Gasteiger partial charge in [0.25, 0.3) is 0 Å². The number of allylic oxidation sites excluding steroid dienone is 2. The highest BCUT2D eigenvalue weighted by atomic mass is 35.5. The van der Waals surface area contributed by atoms with E-state index >= 15 is 0 Å². The molecule has 0 aliphatic heterocycles. The van der Waals surface area contributed by atoms with Gasteiger partial charge in [-0.2, -0.15) is 0 Å². The summed E-state index contributed by atoms with van der Waals surface area (Å²) in [6.07, 6.45) is -0.378. The Morgan fingerprint density at radius 2 is 0.280 bits per heavy atom. The Morgan fingerprint density at radius 3 is 0.400 bits per heavy atom. The standard InChI is InChI=1S/C30H8Cl20/c31-11-7(12(32)20(40)27(47)19(11)39)1-5(2-8-13(33)21(41)28(48)22(42)14(8)34)6(3-9-15(35)23(43)29(49)24(44)16(9)36)4-10-17(37)25(45)30(50)26(46)18(10)38/h1-4H2. The number of hydrogen-bond acceptors (Lipinski definition) is 0. The molecule has 0 radical (unpaired) electrons. The minimum atomic E-state index is -0.0945. The van der Waals surface area contributed by atoms with Crippen LogP contribution in [0.3, 0.4) is 0 Å². The number of halogens is 20. The van der Waals surface area contributed by atoms with Gasteiger partial charge in [-0.25, -0.2) is 0 Å². The van der Waals surface area contributed by atoms with Crippen LogP contribution in [0.4, 0.5) is 0 Å². The second kappa shape index (κ2) is 18.3. The van der Waals surface area contributed by atoms with Crippen molar-refractivity contribution in [2.75, 3.05) is 0 Å². The molecule has 0 fully saturated rings. The summed E-state index contributed by atoms with van der Waals surface area (Å²) in [5, 5.41) is -0.754. The van der Waals surface area contributed by atoms with Crippen molar-refractivity contribution in [1.29, 1.82) is 0 Å². The fourth-order valence-electron chi connectivity index (χ4n) is 4.70. The number of benzene rings is 4. The molecule has 4 aromatic rings. The fourth-order valence-corrected chi connectivity index (χ4v) is 9.95. The van der Waals surface area contributed by atoms with Crippen LogP contribution >= 0.6 is 232 Å². The van der Waals surface area contributed by atoms with Crippen molar-refractivity contribution in [3.63, 3.8) is 0 Å². The van der Waals surface area contributed by atoms with Crippen LogP contribution in [0.25, 0.3) is 0 Å². The molecule has 4 aromatic carbocycles. The lowest BCUT2D eigenvalue weighted by Crippen LogP contribution is -2.10. The second-order valence-corrected chi connectivity index (χ2v) is 17.7. The van der Waals surface area contributed by atoms with Gasteiger partial charge in [0.15, 0.2) is 0 Å². The van der Waals surface area contributed by atoms with E-state index in [0.717, 1.165) is 0 Å². The van der Waals surface area contributed by atoms with Gasteiger partial charge in [0, 0.05) is 0 Å². The Kier molecular flexibility index (Phi) is 16.6. The summed E-state index contributed by atoms with van der Waals surface area (Å²) in [6, 6.07) is 0. The molecule has 0 nitrogen and oxygen atoms in total. The Balaban J connectivity index is 2.18. The average molecular weight is 1080 g/mol. The summed E-state index contributed by atoms with van der Waals surface area (Å²) in [6.45, 7) is 0. The second-order valence-electron chi connectivity index (χ2n) is 10.1. The molecular weight excluding hydrogens is 1070 g/mol. The summed E-state index contributed by atoms with van der Waals surface area (Å²) in [5.74, 6) is 0. The van der Waals surface area contributed by atoms with Crippen molar-refractivity contribution in [2.24, 2.45) is 0 Å². The van der Waals surface area contributed by atoms with E-state index in [9.17, 15) is 0 Å². The van der Waals surface area contributed by atoms with E-state index in [2.05, 4.69) is 0 Å². The summed E-state index contributed by atoms with van der Waals surface area (Å²) in [4.78, 5) is 0. The van der Waals surface area contributed by atoms with Crippen LogP contribution in [0, 0.1) is 0 Å². The third kappa shape index (κ3) is 8.78. The molecule has 0 amide bonds. The highest BCUT2D eigenvalue weighted by Crippen LogP contribution is 2.51. The van der Waals surface area contributed by atoms with E-state index < -0.39 is 0 Å². The van der Waals surface area contributed by atoms with E-state index in [-0.39, 0.29) is 148 Å². The molecule has 0 heterocycles. The number of hydrogen-bond donors (Lipinski definition) is 0. The molecule has 0 saturated carbocycles. The van der Waals surface area contributed by atoms with Crippen LogP contribution in [-0.4, -0.2) is 0 Å². The molecule has 0 saturated heterocycles. The normalized spacial score (nSPS) is 11.5. The van der Waals surface area contributed by atoms with Crippen LogP contribution in [0.1, 0.15) is 22.3 Å². The lowest BCUT2D eigenvalue weighted by atomic mass is 9.87. The third-order valence-electron chi connectivity index (χ3n) is 7.26. The molecule has 0 unspecified atom stereocenters. The summed E-state index contributed by atoms with van der Waals surface area (Å²) in [7, 11) is 0. The minimum absolute atomic E-state index is 0.00502. The molecule has 20 heteroatoms. The zero-order valence-electron chi connectivity index (χ0n) is 23.4. The highest BCUT2D eigenvalue weighted by molar-refractivity contribution is 6.58. The largest absolute Gasteiger partial charge is 0.0823 e. The van der Waals surface area contributed by atoms with Crippen molar-refractivity contribution in [1.82, 2.24) is 0 Å². The van der Waals surface area contributed by atoms with Crippen molar-refractivity contribution < 1.29 is 0 Å². The van der Waals surface area contributed by atoms with Gasteiger partial charge in [-0.15, -0.1) is 0 Å². The average Bonchev–Trinajstić information content (AvgIpc) is 3.10. The zero-order chi connectivity index (χ0) is 37.8. The van der Waals surface area contributed by atoms with E-state index in [4.69, 9.17) is 232 Å². The van der Waals surface area contributed by atoms with Crippen LogP contribution in [0.5, 0.6) is 0 Å². The van der Waals surface area contributed by atoms with Crippen LogP contribution < -0.4 is 0 Å². The van der Waals surface area contributed by atoms with Crippen LogP contribution in [0.15, 0.2) is 11.1 Å². The van der Waals surface area contributed by atoms with Gasteiger partial charge in [0.1, 0.15) is 0 Å². The maximum absolute atomic E-state index is 6.72. The minimum Gasteiger partial charge on any atom is -0.0823 e. The summed E-state index contributed by atoms with van der Waals surface area (Å²) in [5.41, 5.74) is 1.98. The quantitative estimate of drug-likeness (QED) is 0.0937. The maximum atomic E-state index is 6.72. The smallest absolute Gasteiger partial charge is 0.0809 e. The molecule has 0 bridgehead atoms. The molecule has 0 N–H and O–H groups in total. The van der Waals surface area contributed by atoms with Gasteiger partial charge in [-0.05, 0) is 47.9 Å². The van der Waals surface area contributed by atoms with Crippen molar-refractivity contribution >= 4 is 232 Å². The molecule has 0 aliphatic carbocycles. The SMILES string of the molecule is Clc1c(Cl)c(Cl)c(CC(Cc2c(Cl)c(Cl)c(Cl)c(Cl)c2Cl)=C(Cc2c(Cl)c(Cl)c(Cl)c(Cl)c2Cl)Cc2c(Cl)c(Cl)c(Cl)c(Cl)c2Cl)c(Cl)c1Cl. The molecule has 0 spiro atoms. The van der Waals surface area contributed by atoms with Gasteiger partial charge in [-0.1, -0.05) is 243 Å². The van der Waals surface area contributed by atoms with Crippen LogP contribution in [0.2, 0.25) is 100 Å². The Morgan fingerprint density at radius 1 is 0.180 bits per heavy atom. The summed E-state index contributed by atoms with van der Waals surface area (Å²) >= 11 is 131. The number of rotatable bonds is 8. The topological polar surface area (TPSA) is 0 Å². The monoisotopic (exact) mass is 1070 g/mol. The predicted octanol–water partition coefficient (Wildman–Crippen LogP) is 20.3. The maximum Gasteiger partial charge on any atom is 0.0809 e. The fraction of sp³-hybridized carbons (Fsp3) is 0.133. The van der Waals surface area contributed by atoms with Crippen molar-refractivity contribution in [3.05, 3.63) is 134 Å². The first-order valence-corrected chi connectivity index (χ1v) is 20.4. The molecule has 0 aliphatic rings. The molecule has 50 heavy (non-hydrogen) atoms. The van der Waals surface area contributed by atoms with Gasteiger partial charge in [0.2, 0.25) is 0 Å². The molecule has 0 aromatic heterocycles. The highest BCUT2D eigenvalue weighted by Gasteiger charge is 2.28. The zero-order valence-corrected chi connectivity index (χ0v) is 38.5. The molecule has 268 valence electrons. The first kappa shape index (κ1) is 45.1. The van der Waals surface area contributed by atoms with Gasteiger partial charge in [-0.3, -0.25) is 0 Å². The van der Waals surface area contributed by atoms with E-state index in [0.29, 0.717) is 11.1 Å². The van der Waals surface area contributed by atoms with E-state index in [1.165, 1.54) is 0 Å².